The van der Waals surface area contributed by atoms with Crippen LogP contribution in [0.1, 0.15) is 52.4 Å². The highest BCUT2D eigenvalue weighted by atomic mass is 15.1. The summed E-state index contributed by atoms with van der Waals surface area (Å²) in [7, 11) is 0. The normalized spacial score (nSPS) is 27.9. The van der Waals surface area contributed by atoms with E-state index < -0.39 is 0 Å². The van der Waals surface area contributed by atoms with Gasteiger partial charge in [-0.15, -0.1) is 0 Å². The summed E-state index contributed by atoms with van der Waals surface area (Å²) < 4.78 is 0. The van der Waals surface area contributed by atoms with E-state index in [1.807, 2.05) is 0 Å². The van der Waals surface area contributed by atoms with Crippen molar-refractivity contribution in [2.75, 3.05) is 13.1 Å². The molecular formula is C12H26N2. The second kappa shape index (κ2) is 7.24. The fraction of sp³-hybridized carbons (Fsp3) is 1.00. The van der Waals surface area contributed by atoms with Crippen LogP contribution in [0.2, 0.25) is 0 Å². The number of hydrogen-bond acceptors (Lipinski definition) is 2. The Labute approximate surface area is 88.8 Å². The van der Waals surface area contributed by atoms with Crippen LogP contribution in [0.15, 0.2) is 0 Å². The highest BCUT2D eigenvalue weighted by molar-refractivity contribution is 4.83. The van der Waals surface area contributed by atoms with Crippen molar-refractivity contribution >= 4 is 0 Å². The van der Waals surface area contributed by atoms with Crippen LogP contribution < -0.4 is 10.6 Å². The first kappa shape index (κ1) is 12.0. The van der Waals surface area contributed by atoms with Gasteiger partial charge in [0.25, 0.3) is 0 Å². The van der Waals surface area contributed by atoms with Crippen LogP contribution in [0.5, 0.6) is 0 Å². The predicted molar refractivity (Wildman–Crippen MR) is 62.6 cm³/mol. The molecule has 0 aromatic heterocycles. The van der Waals surface area contributed by atoms with Gasteiger partial charge >= 0.3 is 0 Å². The molecule has 0 amide bonds. The van der Waals surface area contributed by atoms with Crippen LogP contribution in [0.3, 0.4) is 0 Å². The highest BCUT2D eigenvalue weighted by Gasteiger charge is 2.18. The van der Waals surface area contributed by atoms with Crippen molar-refractivity contribution in [3.63, 3.8) is 0 Å². The van der Waals surface area contributed by atoms with Crippen LogP contribution in [-0.4, -0.2) is 25.2 Å². The van der Waals surface area contributed by atoms with Gasteiger partial charge in [0.05, 0.1) is 0 Å². The molecule has 2 atom stereocenters. The molecule has 0 aromatic rings. The fourth-order valence-electron chi connectivity index (χ4n) is 2.15. The molecule has 1 aliphatic heterocycles. The Morgan fingerprint density at radius 1 is 0.929 bits per heavy atom. The zero-order chi connectivity index (χ0) is 10.2. The first-order valence-corrected chi connectivity index (χ1v) is 6.33. The molecule has 1 heterocycles. The van der Waals surface area contributed by atoms with E-state index in [1.54, 1.807) is 0 Å². The Balaban J connectivity index is 2.14. The largest absolute Gasteiger partial charge is 0.314 e. The van der Waals surface area contributed by atoms with Crippen LogP contribution in [0.25, 0.3) is 0 Å². The number of unbranched alkanes of at least 4 members (excludes halogenated alkanes) is 2. The number of hydrogen-bond donors (Lipinski definition) is 2. The summed E-state index contributed by atoms with van der Waals surface area (Å²) in [5, 5.41) is 7.30. The summed E-state index contributed by atoms with van der Waals surface area (Å²) in [5.41, 5.74) is 0. The Morgan fingerprint density at radius 2 is 1.43 bits per heavy atom. The molecule has 2 nitrogen and oxygen atoms in total. The quantitative estimate of drug-likeness (QED) is 0.684. The molecule has 0 aliphatic carbocycles. The molecule has 1 fully saturated rings. The molecule has 0 radical (unpaired) electrons. The Hall–Kier alpha value is -0.0800. The Morgan fingerprint density at radius 3 is 1.86 bits per heavy atom. The number of nitrogens with one attached hydrogen (secondary N) is 2. The molecule has 84 valence electrons. The van der Waals surface area contributed by atoms with E-state index in [4.69, 9.17) is 0 Å². The summed E-state index contributed by atoms with van der Waals surface area (Å²) in [5.74, 6) is 0. The second-order valence-electron chi connectivity index (χ2n) is 4.50. The molecule has 1 rings (SSSR count). The van der Waals surface area contributed by atoms with E-state index in [-0.39, 0.29) is 0 Å². The number of piperazine rings is 1. The van der Waals surface area contributed by atoms with Crippen molar-refractivity contribution in [1.82, 2.24) is 10.6 Å². The molecule has 1 aliphatic rings. The molecule has 2 heteroatoms. The van der Waals surface area contributed by atoms with Crippen molar-refractivity contribution in [1.29, 1.82) is 0 Å². The van der Waals surface area contributed by atoms with E-state index in [2.05, 4.69) is 24.5 Å². The lowest BCUT2D eigenvalue weighted by Crippen LogP contribution is -2.54. The van der Waals surface area contributed by atoms with E-state index in [0.29, 0.717) is 0 Å². The predicted octanol–water partition coefficient (Wildman–Crippen LogP) is 2.30. The van der Waals surface area contributed by atoms with Gasteiger partial charge in [0.2, 0.25) is 0 Å². The van der Waals surface area contributed by atoms with Crippen molar-refractivity contribution in [2.45, 2.75) is 64.5 Å². The Kier molecular flexibility index (Phi) is 6.20. The molecule has 0 saturated carbocycles. The lowest BCUT2D eigenvalue weighted by molar-refractivity contribution is 0.305. The van der Waals surface area contributed by atoms with Crippen molar-refractivity contribution < 1.29 is 0 Å². The van der Waals surface area contributed by atoms with Gasteiger partial charge in [0.15, 0.2) is 0 Å². The molecule has 1 saturated heterocycles. The third-order valence-corrected chi connectivity index (χ3v) is 3.07. The molecule has 0 spiro atoms. The monoisotopic (exact) mass is 198 g/mol. The molecule has 14 heavy (non-hydrogen) atoms. The van der Waals surface area contributed by atoms with Crippen molar-refractivity contribution in [3.05, 3.63) is 0 Å². The minimum Gasteiger partial charge on any atom is -0.314 e. The highest BCUT2D eigenvalue weighted by Crippen LogP contribution is 2.08. The summed E-state index contributed by atoms with van der Waals surface area (Å²) in [6.07, 6.45) is 8.04. The van der Waals surface area contributed by atoms with Gasteiger partial charge in [-0.2, -0.15) is 0 Å². The van der Waals surface area contributed by atoms with Gasteiger partial charge in [-0.3, -0.25) is 0 Å². The van der Waals surface area contributed by atoms with Gasteiger partial charge in [0, 0.05) is 25.2 Å². The molecular weight excluding hydrogens is 172 g/mol. The zero-order valence-electron chi connectivity index (χ0n) is 9.81. The molecule has 2 unspecified atom stereocenters. The van der Waals surface area contributed by atoms with Crippen LogP contribution in [0, 0.1) is 0 Å². The summed E-state index contributed by atoms with van der Waals surface area (Å²) in [6, 6.07) is 1.45. The van der Waals surface area contributed by atoms with Crippen molar-refractivity contribution in [3.8, 4) is 0 Å². The third kappa shape index (κ3) is 4.43. The maximum Gasteiger partial charge on any atom is 0.0195 e. The molecule has 0 aromatic carbocycles. The third-order valence-electron chi connectivity index (χ3n) is 3.07. The summed E-state index contributed by atoms with van der Waals surface area (Å²) in [4.78, 5) is 0. The van der Waals surface area contributed by atoms with Crippen LogP contribution >= 0.6 is 0 Å². The zero-order valence-corrected chi connectivity index (χ0v) is 9.81. The molecule has 0 bridgehead atoms. The lowest BCUT2D eigenvalue weighted by atomic mass is 10.0. The maximum absolute atomic E-state index is 3.76. The van der Waals surface area contributed by atoms with Gasteiger partial charge in [-0.1, -0.05) is 39.5 Å². The van der Waals surface area contributed by atoms with Gasteiger partial charge in [-0.05, 0) is 12.8 Å². The standard InChI is InChI=1S/C12H26N2/c1-3-5-7-11-9-13-10-12(14-11)8-6-4-2/h11-14H,3-10H2,1-2H3. The minimum atomic E-state index is 0.727. The van der Waals surface area contributed by atoms with Gasteiger partial charge in [-0.25, -0.2) is 0 Å². The fourth-order valence-corrected chi connectivity index (χ4v) is 2.15. The van der Waals surface area contributed by atoms with Crippen LogP contribution in [0.4, 0.5) is 0 Å². The molecule has 2 N–H and O–H groups in total. The van der Waals surface area contributed by atoms with E-state index in [9.17, 15) is 0 Å². The summed E-state index contributed by atoms with van der Waals surface area (Å²) >= 11 is 0. The topological polar surface area (TPSA) is 24.1 Å². The SMILES string of the molecule is CCCCC1CNCC(CCCC)N1. The van der Waals surface area contributed by atoms with Gasteiger partial charge < -0.3 is 10.6 Å². The van der Waals surface area contributed by atoms with E-state index in [0.717, 1.165) is 12.1 Å². The first-order chi connectivity index (χ1) is 6.86. The Bertz CT molecular complexity index is 122. The average Bonchev–Trinajstić information content (AvgIpc) is 2.24. The first-order valence-electron chi connectivity index (χ1n) is 6.33. The number of rotatable bonds is 6. The maximum atomic E-state index is 3.76. The van der Waals surface area contributed by atoms with Crippen molar-refractivity contribution in [2.24, 2.45) is 0 Å². The lowest BCUT2D eigenvalue weighted by Gasteiger charge is -2.32. The average molecular weight is 198 g/mol. The minimum absolute atomic E-state index is 0.727. The second-order valence-corrected chi connectivity index (χ2v) is 4.50. The van der Waals surface area contributed by atoms with E-state index in [1.165, 1.54) is 51.6 Å². The summed E-state index contributed by atoms with van der Waals surface area (Å²) in [6.45, 7) is 6.88. The van der Waals surface area contributed by atoms with Crippen LogP contribution in [-0.2, 0) is 0 Å². The smallest absolute Gasteiger partial charge is 0.0195 e. The van der Waals surface area contributed by atoms with E-state index >= 15 is 0 Å². The van der Waals surface area contributed by atoms with Gasteiger partial charge in [0.1, 0.15) is 0 Å².